The zero-order valence-electron chi connectivity index (χ0n) is 16.7. The summed E-state index contributed by atoms with van der Waals surface area (Å²) >= 11 is 0. The van der Waals surface area contributed by atoms with Gasteiger partial charge in [0.05, 0.1) is 20.3 Å². The SMILES string of the molecule is COc1ccc(OC2OC(CO)C(O)C(OC3OC(CO)C(O)C(O)C3O)C2O)cc1. The van der Waals surface area contributed by atoms with Gasteiger partial charge in [0.2, 0.25) is 6.29 Å². The molecule has 0 amide bonds. The van der Waals surface area contributed by atoms with Crippen LogP contribution >= 0.6 is 0 Å². The van der Waals surface area contributed by atoms with E-state index in [1.54, 1.807) is 24.3 Å². The Morgan fingerprint density at radius 3 is 1.84 bits per heavy atom. The molecule has 12 heteroatoms. The molecule has 176 valence electrons. The van der Waals surface area contributed by atoms with E-state index < -0.39 is 74.6 Å². The summed E-state index contributed by atoms with van der Waals surface area (Å²) in [6.45, 7) is -1.31. The molecule has 0 radical (unpaired) electrons. The fourth-order valence-electron chi connectivity index (χ4n) is 3.43. The molecule has 2 aliphatic rings. The monoisotopic (exact) mass is 448 g/mol. The first kappa shape index (κ1) is 24.1. The number of hydrogen-bond donors (Lipinski definition) is 7. The van der Waals surface area contributed by atoms with Crippen LogP contribution in [0.1, 0.15) is 0 Å². The average molecular weight is 448 g/mol. The second-order valence-corrected chi connectivity index (χ2v) is 7.30. The topological polar surface area (TPSA) is 188 Å². The van der Waals surface area contributed by atoms with Crippen LogP contribution in [0.5, 0.6) is 11.5 Å². The van der Waals surface area contributed by atoms with Crippen LogP contribution in [0.3, 0.4) is 0 Å². The maximum Gasteiger partial charge on any atom is 0.229 e. The molecule has 0 bridgehead atoms. The molecule has 31 heavy (non-hydrogen) atoms. The number of aliphatic hydroxyl groups is 7. The van der Waals surface area contributed by atoms with Gasteiger partial charge in [-0.3, -0.25) is 0 Å². The highest BCUT2D eigenvalue weighted by molar-refractivity contribution is 5.31. The van der Waals surface area contributed by atoms with Crippen molar-refractivity contribution in [1.29, 1.82) is 0 Å². The molecule has 2 fully saturated rings. The highest BCUT2D eigenvalue weighted by Gasteiger charge is 2.51. The van der Waals surface area contributed by atoms with Crippen LogP contribution < -0.4 is 9.47 Å². The lowest BCUT2D eigenvalue weighted by Gasteiger charge is -2.45. The van der Waals surface area contributed by atoms with E-state index in [1.165, 1.54) is 7.11 Å². The Balaban J connectivity index is 1.75. The lowest BCUT2D eigenvalue weighted by Crippen LogP contribution is -2.65. The number of hydrogen-bond acceptors (Lipinski definition) is 12. The van der Waals surface area contributed by atoms with Crippen LogP contribution in [0, 0.1) is 0 Å². The first-order valence-corrected chi connectivity index (χ1v) is 9.69. The molecule has 12 nitrogen and oxygen atoms in total. The van der Waals surface area contributed by atoms with Crippen molar-refractivity contribution in [3.05, 3.63) is 24.3 Å². The summed E-state index contributed by atoms with van der Waals surface area (Å²) in [4.78, 5) is 0. The van der Waals surface area contributed by atoms with Crippen LogP contribution in [0.2, 0.25) is 0 Å². The van der Waals surface area contributed by atoms with Gasteiger partial charge in [0.15, 0.2) is 6.29 Å². The summed E-state index contributed by atoms with van der Waals surface area (Å²) < 4.78 is 26.9. The Morgan fingerprint density at radius 2 is 1.26 bits per heavy atom. The van der Waals surface area contributed by atoms with Gasteiger partial charge in [0.25, 0.3) is 0 Å². The second kappa shape index (κ2) is 10.4. The Hall–Kier alpha value is -1.58. The Labute approximate surface area is 177 Å². The molecule has 0 aromatic heterocycles. The fraction of sp³-hybridized carbons (Fsp3) is 0.684. The fourth-order valence-corrected chi connectivity index (χ4v) is 3.43. The third-order valence-electron chi connectivity index (χ3n) is 5.27. The quantitative estimate of drug-likeness (QED) is 0.220. The molecule has 2 heterocycles. The molecule has 2 aliphatic heterocycles. The summed E-state index contributed by atoms with van der Waals surface area (Å²) in [5.74, 6) is 0.870. The van der Waals surface area contributed by atoms with E-state index in [0.717, 1.165) is 0 Å². The van der Waals surface area contributed by atoms with Gasteiger partial charge in [-0.25, -0.2) is 0 Å². The number of ether oxygens (including phenoxy) is 5. The van der Waals surface area contributed by atoms with Crippen molar-refractivity contribution in [3.8, 4) is 11.5 Å². The largest absolute Gasteiger partial charge is 0.497 e. The maximum absolute atomic E-state index is 10.7. The van der Waals surface area contributed by atoms with Crippen molar-refractivity contribution < 1.29 is 59.4 Å². The minimum absolute atomic E-state index is 0.296. The number of rotatable bonds is 7. The van der Waals surface area contributed by atoms with E-state index in [4.69, 9.17) is 23.7 Å². The van der Waals surface area contributed by atoms with Crippen LogP contribution in [0.15, 0.2) is 24.3 Å². The highest BCUT2D eigenvalue weighted by Crippen LogP contribution is 2.30. The summed E-state index contributed by atoms with van der Waals surface area (Å²) in [6, 6.07) is 6.35. The van der Waals surface area contributed by atoms with Crippen molar-refractivity contribution in [3.63, 3.8) is 0 Å². The Morgan fingerprint density at radius 1 is 0.710 bits per heavy atom. The number of methoxy groups -OCH3 is 1. The number of benzene rings is 1. The molecule has 10 atom stereocenters. The van der Waals surface area contributed by atoms with Crippen molar-refractivity contribution >= 4 is 0 Å². The predicted octanol–water partition coefficient (Wildman–Crippen LogP) is -3.30. The summed E-state index contributed by atoms with van der Waals surface area (Å²) in [5, 5.41) is 70.0. The second-order valence-electron chi connectivity index (χ2n) is 7.30. The standard InChI is InChI=1S/C19H28O12/c1-27-8-2-4-9(5-3-8)28-19-16(26)17(13(23)11(7-21)30-19)31-18-15(25)14(24)12(22)10(6-20)29-18/h2-5,10-26H,6-7H2,1H3. The molecule has 2 saturated heterocycles. The normalized spacial score (nSPS) is 41.0. The predicted molar refractivity (Wildman–Crippen MR) is 100 cm³/mol. The lowest BCUT2D eigenvalue weighted by molar-refractivity contribution is -0.352. The molecule has 0 aliphatic carbocycles. The summed E-state index contributed by atoms with van der Waals surface area (Å²) in [6.07, 6.45) is -15.1. The van der Waals surface area contributed by atoms with Crippen LogP contribution in [-0.4, -0.2) is 117 Å². The van der Waals surface area contributed by atoms with E-state index in [-0.39, 0.29) is 0 Å². The van der Waals surface area contributed by atoms with Gasteiger partial charge in [-0.15, -0.1) is 0 Å². The first-order valence-electron chi connectivity index (χ1n) is 9.69. The maximum atomic E-state index is 10.7. The third kappa shape index (κ3) is 5.09. The first-order chi connectivity index (χ1) is 14.8. The Bertz CT molecular complexity index is 685. The van der Waals surface area contributed by atoms with Crippen molar-refractivity contribution in [2.45, 2.75) is 61.4 Å². The third-order valence-corrected chi connectivity index (χ3v) is 5.27. The molecule has 10 unspecified atom stereocenters. The van der Waals surface area contributed by atoms with Crippen LogP contribution in [-0.2, 0) is 14.2 Å². The minimum Gasteiger partial charge on any atom is -0.497 e. The zero-order chi connectivity index (χ0) is 22.7. The highest BCUT2D eigenvalue weighted by atomic mass is 16.7. The molecule has 1 aromatic rings. The lowest BCUT2D eigenvalue weighted by atomic mass is 9.97. The molecular weight excluding hydrogens is 420 g/mol. The zero-order valence-corrected chi connectivity index (χ0v) is 16.7. The van der Waals surface area contributed by atoms with Crippen LogP contribution in [0.4, 0.5) is 0 Å². The molecule has 0 saturated carbocycles. The molecule has 7 N–H and O–H groups in total. The van der Waals surface area contributed by atoms with Crippen molar-refractivity contribution in [2.75, 3.05) is 20.3 Å². The van der Waals surface area contributed by atoms with Gasteiger partial charge >= 0.3 is 0 Å². The van der Waals surface area contributed by atoms with E-state index >= 15 is 0 Å². The average Bonchev–Trinajstić information content (AvgIpc) is 2.78. The van der Waals surface area contributed by atoms with Gasteiger partial charge < -0.3 is 59.4 Å². The Kier molecular flexibility index (Phi) is 8.04. The smallest absolute Gasteiger partial charge is 0.229 e. The van der Waals surface area contributed by atoms with Gasteiger partial charge in [-0.2, -0.15) is 0 Å². The number of aliphatic hydroxyl groups excluding tert-OH is 7. The molecule has 1 aromatic carbocycles. The van der Waals surface area contributed by atoms with Gasteiger partial charge in [0, 0.05) is 0 Å². The summed E-state index contributed by atoms with van der Waals surface area (Å²) in [7, 11) is 1.50. The van der Waals surface area contributed by atoms with Gasteiger partial charge in [0.1, 0.15) is 60.3 Å². The van der Waals surface area contributed by atoms with Crippen molar-refractivity contribution in [2.24, 2.45) is 0 Å². The summed E-state index contributed by atoms with van der Waals surface area (Å²) in [5.41, 5.74) is 0. The molecular formula is C19H28O12. The van der Waals surface area contributed by atoms with E-state index in [2.05, 4.69) is 0 Å². The van der Waals surface area contributed by atoms with Crippen LogP contribution in [0.25, 0.3) is 0 Å². The molecule has 3 rings (SSSR count). The minimum atomic E-state index is -1.74. The van der Waals surface area contributed by atoms with Gasteiger partial charge in [-0.1, -0.05) is 0 Å². The van der Waals surface area contributed by atoms with E-state index in [1.807, 2.05) is 0 Å². The molecule has 0 spiro atoms. The van der Waals surface area contributed by atoms with E-state index in [0.29, 0.717) is 11.5 Å². The van der Waals surface area contributed by atoms with Gasteiger partial charge in [-0.05, 0) is 24.3 Å². The van der Waals surface area contributed by atoms with E-state index in [9.17, 15) is 35.7 Å². The van der Waals surface area contributed by atoms with Crippen molar-refractivity contribution in [1.82, 2.24) is 0 Å².